The molecule has 2 aromatic carbocycles. The molecule has 108 valence electrons. The molecule has 0 aliphatic rings. The average Bonchev–Trinajstić information content (AvgIpc) is 2.86. The molecule has 5 heteroatoms. The van der Waals surface area contributed by atoms with E-state index in [-0.39, 0.29) is 6.10 Å². The van der Waals surface area contributed by atoms with Gasteiger partial charge in [-0.2, -0.15) is 0 Å². The highest BCUT2D eigenvalue weighted by Gasteiger charge is 2.13. The van der Waals surface area contributed by atoms with Crippen LogP contribution in [0.3, 0.4) is 0 Å². The van der Waals surface area contributed by atoms with Crippen molar-refractivity contribution >= 4 is 34.2 Å². The second-order valence-electron chi connectivity index (χ2n) is 4.95. The highest BCUT2D eigenvalue weighted by molar-refractivity contribution is 6.31. The molecule has 1 heterocycles. The first-order chi connectivity index (χ1) is 10.0. The first-order valence-corrected chi connectivity index (χ1v) is 7.36. The molecule has 3 rings (SSSR count). The number of rotatable bonds is 3. The summed E-state index contributed by atoms with van der Waals surface area (Å²) in [6, 6.07) is 11.2. The van der Waals surface area contributed by atoms with Gasteiger partial charge in [0, 0.05) is 10.0 Å². The standard InChI is InChI=1S/C16H14Cl2N2O/c1-9-7-12(4-5-13(9)18)21-10(2)16-19-14-6-3-11(17)8-15(14)20-16/h3-8,10H,1-2H3,(H,19,20)/t10-/m0/s1. The Morgan fingerprint density at radius 2 is 1.95 bits per heavy atom. The van der Waals surface area contributed by atoms with Crippen molar-refractivity contribution in [1.82, 2.24) is 9.97 Å². The van der Waals surface area contributed by atoms with E-state index in [2.05, 4.69) is 9.97 Å². The van der Waals surface area contributed by atoms with E-state index in [0.717, 1.165) is 33.2 Å². The van der Waals surface area contributed by atoms with Gasteiger partial charge in [-0.1, -0.05) is 23.2 Å². The van der Waals surface area contributed by atoms with Crippen LogP contribution in [-0.4, -0.2) is 9.97 Å². The topological polar surface area (TPSA) is 37.9 Å². The number of aromatic amines is 1. The number of hydrogen-bond acceptors (Lipinski definition) is 2. The number of benzene rings is 2. The zero-order valence-corrected chi connectivity index (χ0v) is 13.2. The molecule has 21 heavy (non-hydrogen) atoms. The van der Waals surface area contributed by atoms with Crippen molar-refractivity contribution < 1.29 is 4.74 Å². The number of nitrogens with zero attached hydrogens (tertiary/aromatic N) is 1. The first kappa shape index (κ1) is 14.2. The predicted molar refractivity (Wildman–Crippen MR) is 86.3 cm³/mol. The number of nitrogens with one attached hydrogen (secondary N) is 1. The van der Waals surface area contributed by atoms with Crippen LogP contribution < -0.4 is 4.74 Å². The van der Waals surface area contributed by atoms with Gasteiger partial charge in [0.1, 0.15) is 11.6 Å². The molecule has 0 aliphatic carbocycles. The van der Waals surface area contributed by atoms with Crippen molar-refractivity contribution in [3.8, 4) is 5.75 Å². The van der Waals surface area contributed by atoms with Crippen LogP contribution in [0.5, 0.6) is 5.75 Å². The minimum atomic E-state index is -0.197. The fourth-order valence-corrected chi connectivity index (χ4v) is 2.43. The molecule has 3 nitrogen and oxygen atoms in total. The average molecular weight is 321 g/mol. The number of ether oxygens (including phenoxy) is 1. The summed E-state index contributed by atoms with van der Waals surface area (Å²) in [6.45, 7) is 3.90. The maximum absolute atomic E-state index is 6.02. The predicted octanol–water partition coefficient (Wildman–Crippen LogP) is 5.32. The molecule has 0 spiro atoms. The number of aryl methyl sites for hydroxylation is 1. The largest absolute Gasteiger partial charge is 0.483 e. The Balaban J connectivity index is 1.85. The Kier molecular flexibility index (Phi) is 3.79. The van der Waals surface area contributed by atoms with Crippen LogP contribution in [0.2, 0.25) is 10.0 Å². The van der Waals surface area contributed by atoms with E-state index in [1.54, 1.807) is 0 Å². The van der Waals surface area contributed by atoms with Gasteiger partial charge in [0.2, 0.25) is 0 Å². The summed E-state index contributed by atoms with van der Waals surface area (Å²) >= 11 is 12.0. The zero-order chi connectivity index (χ0) is 15.0. The van der Waals surface area contributed by atoms with Crippen LogP contribution in [0.25, 0.3) is 11.0 Å². The Morgan fingerprint density at radius 1 is 1.14 bits per heavy atom. The molecule has 0 fully saturated rings. The van der Waals surface area contributed by atoms with Crippen LogP contribution in [0, 0.1) is 6.92 Å². The number of halogens is 2. The number of imidazole rings is 1. The van der Waals surface area contributed by atoms with Gasteiger partial charge in [0.15, 0.2) is 6.10 Å². The smallest absolute Gasteiger partial charge is 0.153 e. The zero-order valence-electron chi connectivity index (χ0n) is 11.7. The van der Waals surface area contributed by atoms with E-state index in [1.165, 1.54) is 0 Å². The minimum absolute atomic E-state index is 0.197. The van der Waals surface area contributed by atoms with Gasteiger partial charge < -0.3 is 9.72 Å². The Hall–Kier alpha value is -1.71. The monoisotopic (exact) mass is 320 g/mol. The lowest BCUT2D eigenvalue weighted by Crippen LogP contribution is -2.05. The minimum Gasteiger partial charge on any atom is -0.483 e. The van der Waals surface area contributed by atoms with Crippen molar-refractivity contribution in [2.75, 3.05) is 0 Å². The molecule has 1 atom stereocenters. The fourth-order valence-electron chi connectivity index (χ4n) is 2.14. The summed E-state index contributed by atoms with van der Waals surface area (Å²) in [5.74, 6) is 1.53. The number of H-pyrrole nitrogens is 1. The molecule has 0 saturated heterocycles. The van der Waals surface area contributed by atoms with Gasteiger partial charge >= 0.3 is 0 Å². The Bertz CT molecular complexity index is 798. The SMILES string of the molecule is Cc1cc(O[C@@H](C)c2nc3ccc(Cl)cc3[nH]2)ccc1Cl. The van der Waals surface area contributed by atoms with Crippen molar-refractivity contribution in [3.05, 3.63) is 57.8 Å². The summed E-state index contributed by atoms with van der Waals surface area (Å²) in [7, 11) is 0. The van der Waals surface area contributed by atoms with E-state index in [9.17, 15) is 0 Å². The lowest BCUT2D eigenvalue weighted by molar-refractivity contribution is 0.218. The molecule has 1 N–H and O–H groups in total. The van der Waals surface area contributed by atoms with Crippen LogP contribution >= 0.6 is 23.2 Å². The second kappa shape index (κ2) is 5.58. The third kappa shape index (κ3) is 2.99. The number of hydrogen-bond donors (Lipinski definition) is 1. The Morgan fingerprint density at radius 3 is 2.71 bits per heavy atom. The van der Waals surface area contributed by atoms with Gasteiger partial charge in [-0.3, -0.25) is 0 Å². The van der Waals surface area contributed by atoms with Crippen LogP contribution in [0.15, 0.2) is 36.4 Å². The normalized spacial score (nSPS) is 12.6. The first-order valence-electron chi connectivity index (χ1n) is 6.61. The lowest BCUT2D eigenvalue weighted by Gasteiger charge is -2.13. The summed E-state index contributed by atoms with van der Waals surface area (Å²) in [4.78, 5) is 7.76. The summed E-state index contributed by atoms with van der Waals surface area (Å²) in [6.07, 6.45) is -0.197. The van der Waals surface area contributed by atoms with Gasteiger partial charge in [0.25, 0.3) is 0 Å². The Labute approximate surface area is 132 Å². The molecule has 0 unspecified atom stereocenters. The fraction of sp³-hybridized carbons (Fsp3) is 0.188. The molecule has 0 saturated carbocycles. The van der Waals surface area contributed by atoms with Crippen molar-refractivity contribution in [1.29, 1.82) is 0 Å². The van der Waals surface area contributed by atoms with Gasteiger partial charge in [-0.25, -0.2) is 4.98 Å². The van der Waals surface area contributed by atoms with Crippen molar-refractivity contribution in [3.63, 3.8) is 0 Å². The third-order valence-corrected chi connectivity index (χ3v) is 3.95. The maximum Gasteiger partial charge on any atom is 0.153 e. The molecular formula is C16H14Cl2N2O. The van der Waals surface area contributed by atoms with Gasteiger partial charge in [-0.15, -0.1) is 0 Å². The van der Waals surface area contributed by atoms with E-state index in [4.69, 9.17) is 27.9 Å². The maximum atomic E-state index is 6.02. The van der Waals surface area contributed by atoms with E-state index in [0.29, 0.717) is 5.02 Å². The lowest BCUT2D eigenvalue weighted by atomic mass is 10.2. The van der Waals surface area contributed by atoms with Crippen molar-refractivity contribution in [2.24, 2.45) is 0 Å². The molecule has 0 radical (unpaired) electrons. The molecule has 3 aromatic rings. The van der Waals surface area contributed by atoms with Gasteiger partial charge in [-0.05, 0) is 55.8 Å². The third-order valence-electron chi connectivity index (χ3n) is 3.29. The van der Waals surface area contributed by atoms with E-state index < -0.39 is 0 Å². The van der Waals surface area contributed by atoms with Crippen LogP contribution in [-0.2, 0) is 0 Å². The van der Waals surface area contributed by atoms with E-state index >= 15 is 0 Å². The summed E-state index contributed by atoms with van der Waals surface area (Å²) < 4.78 is 5.91. The highest BCUT2D eigenvalue weighted by Crippen LogP contribution is 2.26. The summed E-state index contributed by atoms with van der Waals surface area (Å²) in [5, 5.41) is 1.41. The summed E-state index contributed by atoms with van der Waals surface area (Å²) in [5.41, 5.74) is 2.76. The van der Waals surface area contributed by atoms with Crippen LogP contribution in [0.1, 0.15) is 24.4 Å². The number of aromatic nitrogens is 2. The molecule has 0 bridgehead atoms. The molecular weight excluding hydrogens is 307 g/mol. The highest BCUT2D eigenvalue weighted by atomic mass is 35.5. The molecule has 0 aliphatic heterocycles. The van der Waals surface area contributed by atoms with Crippen molar-refractivity contribution in [2.45, 2.75) is 20.0 Å². The van der Waals surface area contributed by atoms with E-state index in [1.807, 2.05) is 50.2 Å². The number of fused-ring (bicyclic) bond motifs is 1. The molecule has 0 amide bonds. The van der Waals surface area contributed by atoms with Crippen LogP contribution in [0.4, 0.5) is 0 Å². The van der Waals surface area contributed by atoms with Gasteiger partial charge in [0.05, 0.1) is 11.0 Å². The quantitative estimate of drug-likeness (QED) is 0.709. The molecule has 1 aromatic heterocycles. The second-order valence-corrected chi connectivity index (χ2v) is 5.80.